The van der Waals surface area contributed by atoms with Crippen molar-refractivity contribution in [3.8, 4) is 17.2 Å². The largest absolute Gasteiger partial charge is 0.495 e. The number of benzene rings is 1. The highest BCUT2D eigenvalue weighted by Crippen LogP contribution is 2.54. The first-order valence-electron chi connectivity index (χ1n) is 7.50. The van der Waals surface area contributed by atoms with Gasteiger partial charge in [-0.1, -0.05) is 12.8 Å². The third-order valence-electron chi connectivity index (χ3n) is 4.49. The maximum Gasteiger partial charge on any atom is 0.314 e. The van der Waals surface area contributed by atoms with Crippen molar-refractivity contribution in [2.45, 2.75) is 37.5 Å². The highest BCUT2D eigenvalue weighted by Gasteiger charge is 2.48. The molecular weight excluding hydrogens is 352 g/mol. The molecule has 0 bridgehead atoms. The van der Waals surface area contributed by atoms with Crippen LogP contribution in [-0.4, -0.2) is 31.4 Å². The van der Waals surface area contributed by atoms with E-state index in [9.17, 15) is 9.90 Å². The molecule has 3 rings (SSSR count). The molecule has 1 aromatic rings. The number of aliphatic carboxylic acids is 1. The maximum atomic E-state index is 12.1. The Balaban J connectivity index is 2.28. The molecule has 1 fully saturated rings. The summed E-state index contributed by atoms with van der Waals surface area (Å²) in [6, 6.07) is 1.80. The third kappa shape index (κ3) is 2.33. The van der Waals surface area contributed by atoms with E-state index >= 15 is 0 Å². The van der Waals surface area contributed by atoms with Crippen LogP contribution in [0.4, 0.5) is 0 Å². The van der Waals surface area contributed by atoms with Crippen LogP contribution in [0.1, 0.15) is 37.7 Å². The van der Waals surface area contributed by atoms with E-state index in [1.807, 2.05) is 0 Å². The van der Waals surface area contributed by atoms with E-state index in [1.54, 1.807) is 13.2 Å². The zero-order valence-electron chi connectivity index (χ0n) is 12.5. The quantitative estimate of drug-likeness (QED) is 0.881. The number of rotatable bonds is 3. The number of carboxylic acids is 1. The Labute approximate surface area is 137 Å². The van der Waals surface area contributed by atoms with Crippen molar-refractivity contribution >= 4 is 21.9 Å². The molecule has 1 aliphatic heterocycles. The Morgan fingerprint density at radius 1 is 1.27 bits per heavy atom. The molecule has 1 aromatic carbocycles. The topological polar surface area (TPSA) is 65.0 Å². The molecule has 2 aliphatic rings. The molecule has 0 amide bonds. The fourth-order valence-electron chi connectivity index (χ4n) is 3.44. The van der Waals surface area contributed by atoms with Crippen LogP contribution in [0, 0.1) is 0 Å². The molecule has 1 saturated carbocycles. The van der Waals surface area contributed by atoms with E-state index in [1.165, 1.54) is 0 Å². The average molecular weight is 371 g/mol. The van der Waals surface area contributed by atoms with Crippen molar-refractivity contribution in [1.82, 2.24) is 0 Å². The van der Waals surface area contributed by atoms with Gasteiger partial charge < -0.3 is 19.3 Å². The first-order valence-corrected chi connectivity index (χ1v) is 8.29. The van der Waals surface area contributed by atoms with Crippen LogP contribution in [0.2, 0.25) is 0 Å². The Bertz CT molecular complexity index is 593. The van der Waals surface area contributed by atoms with Crippen LogP contribution in [0.5, 0.6) is 17.2 Å². The van der Waals surface area contributed by atoms with Crippen molar-refractivity contribution in [2.24, 2.45) is 0 Å². The van der Waals surface area contributed by atoms with Gasteiger partial charge in [0.2, 0.25) is 0 Å². The van der Waals surface area contributed by atoms with Crippen LogP contribution in [0.3, 0.4) is 0 Å². The van der Waals surface area contributed by atoms with Gasteiger partial charge in [-0.15, -0.1) is 0 Å². The molecule has 6 heteroatoms. The van der Waals surface area contributed by atoms with Gasteiger partial charge in [-0.2, -0.15) is 0 Å². The van der Waals surface area contributed by atoms with Crippen LogP contribution in [0.15, 0.2) is 10.5 Å². The molecule has 0 atom stereocenters. The molecule has 0 radical (unpaired) electrons. The number of hydrogen-bond acceptors (Lipinski definition) is 4. The fraction of sp³-hybridized carbons (Fsp3) is 0.562. The summed E-state index contributed by atoms with van der Waals surface area (Å²) < 4.78 is 17.8. The number of methoxy groups -OCH3 is 1. The van der Waals surface area contributed by atoms with Crippen LogP contribution < -0.4 is 14.2 Å². The summed E-state index contributed by atoms with van der Waals surface area (Å²) in [6.07, 6.45) is 3.72. The smallest absolute Gasteiger partial charge is 0.314 e. The number of halogens is 1. The van der Waals surface area contributed by atoms with Crippen molar-refractivity contribution < 1.29 is 24.1 Å². The van der Waals surface area contributed by atoms with Gasteiger partial charge in [-0.3, -0.25) is 4.79 Å². The number of hydrogen-bond donors (Lipinski definition) is 1. The molecule has 0 spiro atoms. The monoisotopic (exact) mass is 370 g/mol. The number of fused-ring (bicyclic) bond motifs is 1. The zero-order chi connectivity index (χ0) is 15.7. The van der Waals surface area contributed by atoms with Gasteiger partial charge in [0, 0.05) is 12.5 Å². The Morgan fingerprint density at radius 2 is 1.95 bits per heavy atom. The molecule has 0 unspecified atom stereocenters. The SMILES string of the molecule is COc1c(Br)cc2c(c1C1(C(=O)O)CCCC1)OCCCO2. The molecule has 1 aliphatic carbocycles. The summed E-state index contributed by atoms with van der Waals surface area (Å²) in [5, 5.41) is 9.93. The molecule has 22 heavy (non-hydrogen) atoms. The average Bonchev–Trinajstić information content (AvgIpc) is 2.88. The molecule has 1 heterocycles. The van der Waals surface area contributed by atoms with E-state index in [4.69, 9.17) is 14.2 Å². The zero-order valence-corrected chi connectivity index (χ0v) is 14.1. The van der Waals surface area contributed by atoms with Gasteiger partial charge in [0.15, 0.2) is 11.5 Å². The van der Waals surface area contributed by atoms with Gasteiger partial charge >= 0.3 is 5.97 Å². The summed E-state index contributed by atoms with van der Waals surface area (Å²) >= 11 is 3.48. The first kappa shape index (κ1) is 15.5. The third-order valence-corrected chi connectivity index (χ3v) is 5.08. The van der Waals surface area contributed by atoms with Crippen LogP contribution >= 0.6 is 15.9 Å². The predicted octanol–water partition coefficient (Wildman–Crippen LogP) is 3.52. The molecular formula is C16H19BrO5. The molecule has 1 N–H and O–H groups in total. The van der Waals surface area contributed by atoms with Gasteiger partial charge in [0.05, 0.1) is 30.4 Å². The lowest BCUT2D eigenvalue weighted by atomic mass is 9.77. The van der Waals surface area contributed by atoms with Gasteiger partial charge in [0.25, 0.3) is 0 Å². The minimum absolute atomic E-state index is 0.514. The van der Waals surface area contributed by atoms with E-state index in [2.05, 4.69) is 15.9 Å². The van der Waals surface area contributed by atoms with Gasteiger partial charge in [-0.25, -0.2) is 0 Å². The minimum Gasteiger partial charge on any atom is -0.495 e. The highest BCUT2D eigenvalue weighted by molar-refractivity contribution is 9.10. The standard InChI is InChI=1S/C16H19BrO5/c1-20-13-10(17)9-11-14(22-8-4-7-21-11)12(13)16(15(18)19)5-2-3-6-16/h9H,2-8H2,1H3,(H,18,19). The summed E-state index contributed by atoms with van der Waals surface area (Å²) in [4.78, 5) is 12.1. The van der Waals surface area contributed by atoms with Gasteiger partial charge in [0.1, 0.15) is 11.2 Å². The lowest BCUT2D eigenvalue weighted by molar-refractivity contribution is -0.143. The fourth-order valence-corrected chi connectivity index (χ4v) is 4.01. The first-order chi connectivity index (χ1) is 10.6. The number of carboxylic acid groups (broad SMARTS) is 1. The van der Waals surface area contributed by atoms with E-state index in [0.29, 0.717) is 53.3 Å². The molecule has 0 saturated heterocycles. The highest BCUT2D eigenvalue weighted by atomic mass is 79.9. The normalized spacial score (nSPS) is 19.5. The van der Waals surface area contributed by atoms with E-state index in [-0.39, 0.29) is 0 Å². The number of ether oxygens (including phenoxy) is 3. The minimum atomic E-state index is -0.965. The Morgan fingerprint density at radius 3 is 2.59 bits per heavy atom. The summed E-state index contributed by atoms with van der Waals surface area (Å²) in [5.74, 6) is 0.833. The van der Waals surface area contributed by atoms with Crippen LogP contribution in [-0.2, 0) is 10.2 Å². The van der Waals surface area contributed by atoms with E-state index in [0.717, 1.165) is 19.3 Å². The Kier molecular flexibility index (Phi) is 4.21. The predicted molar refractivity (Wildman–Crippen MR) is 84.1 cm³/mol. The Hall–Kier alpha value is -1.43. The maximum absolute atomic E-state index is 12.1. The summed E-state index contributed by atoms with van der Waals surface area (Å²) in [7, 11) is 1.55. The second kappa shape index (κ2) is 5.99. The second-order valence-electron chi connectivity index (χ2n) is 5.74. The van der Waals surface area contributed by atoms with Crippen LogP contribution in [0.25, 0.3) is 0 Å². The van der Waals surface area contributed by atoms with Crippen molar-refractivity contribution in [3.63, 3.8) is 0 Å². The lowest BCUT2D eigenvalue weighted by Crippen LogP contribution is -2.33. The molecule has 120 valence electrons. The molecule has 0 aromatic heterocycles. The van der Waals surface area contributed by atoms with Crippen molar-refractivity contribution in [2.75, 3.05) is 20.3 Å². The lowest BCUT2D eigenvalue weighted by Gasteiger charge is -2.29. The van der Waals surface area contributed by atoms with Crippen molar-refractivity contribution in [3.05, 3.63) is 16.1 Å². The van der Waals surface area contributed by atoms with Gasteiger partial charge in [-0.05, 0) is 28.8 Å². The summed E-state index contributed by atoms with van der Waals surface area (Å²) in [5.41, 5.74) is -0.348. The second-order valence-corrected chi connectivity index (χ2v) is 6.59. The summed E-state index contributed by atoms with van der Waals surface area (Å²) in [6.45, 7) is 1.08. The number of carbonyl (C=O) groups is 1. The molecule has 5 nitrogen and oxygen atoms in total. The van der Waals surface area contributed by atoms with E-state index < -0.39 is 11.4 Å². The van der Waals surface area contributed by atoms with Crippen molar-refractivity contribution in [1.29, 1.82) is 0 Å².